The minimum absolute atomic E-state index is 0.00565. The maximum absolute atomic E-state index is 12.0. The molecule has 0 aliphatic carbocycles. The van der Waals surface area contributed by atoms with Crippen molar-refractivity contribution in [3.05, 3.63) is 46.4 Å². The highest BCUT2D eigenvalue weighted by molar-refractivity contribution is 7.13. The van der Waals surface area contributed by atoms with Crippen molar-refractivity contribution in [1.29, 1.82) is 0 Å². The highest BCUT2D eigenvalue weighted by Gasteiger charge is 2.19. The van der Waals surface area contributed by atoms with Crippen LogP contribution < -0.4 is 5.32 Å². The SMILES string of the molecule is O=C(CN1CCN(Cc2ccc(Cl)cc2)CC1)Nc1nccs1. The van der Waals surface area contributed by atoms with Gasteiger partial charge in [0.25, 0.3) is 0 Å². The first-order valence-corrected chi connectivity index (χ1v) is 8.83. The monoisotopic (exact) mass is 350 g/mol. The average Bonchev–Trinajstić information content (AvgIpc) is 3.04. The van der Waals surface area contributed by atoms with Gasteiger partial charge in [-0.25, -0.2) is 4.98 Å². The summed E-state index contributed by atoms with van der Waals surface area (Å²) in [5.41, 5.74) is 1.27. The third kappa shape index (κ3) is 5.00. The molecule has 3 rings (SSSR count). The molecule has 0 atom stereocenters. The van der Waals surface area contributed by atoms with Crippen LogP contribution in [0.5, 0.6) is 0 Å². The van der Waals surface area contributed by atoms with Gasteiger partial charge in [-0.1, -0.05) is 23.7 Å². The Kier molecular flexibility index (Phi) is 5.61. The lowest BCUT2D eigenvalue weighted by molar-refractivity contribution is -0.117. The molecule has 1 aliphatic rings. The topological polar surface area (TPSA) is 48.5 Å². The lowest BCUT2D eigenvalue weighted by Gasteiger charge is -2.34. The molecule has 5 nitrogen and oxygen atoms in total. The van der Waals surface area contributed by atoms with E-state index < -0.39 is 0 Å². The van der Waals surface area contributed by atoms with E-state index in [-0.39, 0.29) is 5.91 Å². The summed E-state index contributed by atoms with van der Waals surface area (Å²) in [4.78, 5) is 20.6. The highest BCUT2D eigenvalue weighted by atomic mass is 35.5. The number of amides is 1. The fourth-order valence-electron chi connectivity index (χ4n) is 2.60. The van der Waals surface area contributed by atoms with Crippen LogP contribution in [0.25, 0.3) is 0 Å². The first kappa shape index (κ1) is 16.4. The molecule has 0 bridgehead atoms. The van der Waals surface area contributed by atoms with E-state index >= 15 is 0 Å². The van der Waals surface area contributed by atoms with Crippen molar-refractivity contribution < 1.29 is 4.79 Å². The number of nitrogens with zero attached hydrogens (tertiary/aromatic N) is 3. The molecule has 1 saturated heterocycles. The van der Waals surface area contributed by atoms with Gasteiger partial charge in [-0.2, -0.15) is 0 Å². The first-order chi connectivity index (χ1) is 11.2. The van der Waals surface area contributed by atoms with Gasteiger partial charge in [-0.15, -0.1) is 11.3 Å². The van der Waals surface area contributed by atoms with Gasteiger partial charge >= 0.3 is 0 Å². The fourth-order valence-corrected chi connectivity index (χ4v) is 3.27. The normalized spacial score (nSPS) is 16.4. The number of halogens is 1. The van der Waals surface area contributed by atoms with Crippen LogP contribution in [0.4, 0.5) is 5.13 Å². The van der Waals surface area contributed by atoms with Crippen LogP contribution in [0.1, 0.15) is 5.56 Å². The van der Waals surface area contributed by atoms with E-state index in [0.717, 1.165) is 37.7 Å². The Morgan fingerprint density at radius 1 is 1.17 bits per heavy atom. The minimum atomic E-state index is 0.00565. The Morgan fingerprint density at radius 2 is 1.87 bits per heavy atom. The Balaban J connectivity index is 1.41. The van der Waals surface area contributed by atoms with Gasteiger partial charge in [0.1, 0.15) is 0 Å². The summed E-state index contributed by atoms with van der Waals surface area (Å²) >= 11 is 7.35. The number of hydrogen-bond donors (Lipinski definition) is 1. The van der Waals surface area contributed by atoms with Gasteiger partial charge in [0.15, 0.2) is 5.13 Å². The van der Waals surface area contributed by atoms with E-state index in [0.29, 0.717) is 11.7 Å². The lowest BCUT2D eigenvalue weighted by Crippen LogP contribution is -2.48. The zero-order chi connectivity index (χ0) is 16.1. The number of carbonyl (C=O) groups excluding carboxylic acids is 1. The molecule has 0 saturated carbocycles. The summed E-state index contributed by atoms with van der Waals surface area (Å²) in [5.74, 6) is 0.00565. The number of benzene rings is 1. The molecular formula is C16H19ClN4OS. The Bertz CT molecular complexity index is 624. The van der Waals surface area contributed by atoms with Crippen LogP contribution in [-0.4, -0.2) is 53.4 Å². The van der Waals surface area contributed by atoms with Crippen LogP contribution in [0.3, 0.4) is 0 Å². The van der Waals surface area contributed by atoms with Crippen LogP contribution in [-0.2, 0) is 11.3 Å². The Morgan fingerprint density at radius 3 is 2.52 bits per heavy atom. The molecule has 1 aromatic carbocycles. The van der Waals surface area contributed by atoms with Crippen LogP contribution in [0.2, 0.25) is 5.02 Å². The summed E-state index contributed by atoms with van der Waals surface area (Å²) in [5, 5.41) is 6.11. The Hall–Kier alpha value is -1.47. The molecule has 0 unspecified atom stereocenters. The number of nitrogens with one attached hydrogen (secondary N) is 1. The molecule has 2 heterocycles. The number of hydrogen-bond acceptors (Lipinski definition) is 5. The smallest absolute Gasteiger partial charge is 0.240 e. The van der Waals surface area contributed by atoms with Crippen molar-refractivity contribution in [3.63, 3.8) is 0 Å². The zero-order valence-electron chi connectivity index (χ0n) is 12.7. The van der Waals surface area contributed by atoms with E-state index in [1.807, 2.05) is 17.5 Å². The summed E-state index contributed by atoms with van der Waals surface area (Å²) in [6.07, 6.45) is 1.69. The maximum atomic E-state index is 12.0. The minimum Gasteiger partial charge on any atom is -0.301 e. The predicted molar refractivity (Wildman–Crippen MR) is 93.9 cm³/mol. The second-order valence-electron chi connectivity index (χ2n) is 5.56. The van der Waals surface area contributed by atoms with Crippen molar-refractivity contribution >= 4 is 34.0 Å². The average molecular weight is 351 g/mol. The third-order valence-corrected chi connectivity index (χ3v) is 4.77. The van der Waals surface area contributed by atoms with Gasteiger partial charge in [-0.05, 0) is 17.7 Å². The molecular weight excluding hydrogens is 332 g/mol. The molecule has 1 N–H and O–H groups in total. The first-order valence-electron chi connectivity index (χ1n) is 7.57. The zero-order valence-corrected chi connectivity index (χ0v) is 14.3. The number of rotatable bonds is 5. The number of carbonyl (C=O) groups is 1. The van der Waals surface area contributed by atoms with E-state index in [1.54, 1.807) is 6.20 Å². The maximum Gasteiger partial charge on any atom is 0.240 e. The van der Waals surface area contributed by atoms with E-state index in [4.69, 9.17) is 11.6 Å². The molecule has 1 amide bonds. The van der Waals surface area contributed by atoms with Crippen molar-refractivity contribution in [2.75, 3.05) is 38.0 Å². The Labute approximate surface area is 144 Å². The lowest BCUT2D eigenvalue weighted by atomic mass is 10.2. The van der Waals surface area contributed by atoms with E-state index in [1.165, 1.54) is 16.9 Å². The number of aromatic nitrogens is 1. The summed E-state index contributed by atoms with van der Waals surface area (Å²) in [6.45, 7) is 5.09. The van der Waals surface area contributed by atoms with Crippen LogP contribution in [0, 0.1) is 0 Å². The van der Waals surface area contributed by atoms with Gasteiger partial charge in [0.2, 0.25) is 5.91 Å². The fraction of sp³-hybridized carbons (Fsp3) is 0.375. The summed E-state index contributed by atoms with van der Waals surface area (Å²) in [6, 6.07) is 7.98. The molecule has 0 spiro atoms. The van der Waals surface area contributed by atoms with Gasteiger partial charge < -0.3 is 5.32 Å². The molecule has 0 radical (unpaired) electrons. The third-order valence-electron chi connectivity index (χ3n) is 3.83. The number of anilines is 1. The molecule has 23 heavy (non-hydrogen) atoms. The molecule has 1 aromatic heterocycles. The van der Waals surface area contributed by atoms with Crippen molar-refractivity contribution in [1.82, 2.24) is 14.8 Å². The number of thiazole rings is 1. The molecule has 1 fully saturated rings. The highest BCUT2D eigenvalue weighted by Crippen LogP contribution is 2.13. The quantitative estimate of drug-likeness (QED) is 0.900. The van der Waals surface area contributed by atoms with Crippen LogP contribution >= 0.6 is 22.9 Å². The second-order valence-corrected chi connectivity index (χ2v) is 6.90. The van der Waals surface area contributed by atoms with E-state index in [2.05, 4.69) is 32.2 Å². The largest absolute Gasteiger partial charge is 0.301 e. The van der Waals surface area contributed by atoms with Crippen molar-refractivity contribution in [3.8, 4) is 0 Å². The molecule has 7 heteroatoms. The summed E-state index contributed by atoms with van der Waals surface area (Å²) in [7, 11) is 0. The van der Waals surface area contributed by atoms with Crippen molar-refractivity contribution in [2.45, 2.75) is 6.54 Å². The van der Waals surface area contributed by atoms with Crippen molar-refractivity contribution in [2.24, 2.45) is 0 Å². The standard InChI is InChI=1S/C16H19ClN4OS/c17-14-3-1-13(2-4-14)11-20-6-8-21(9-7-20)12-15(22)19-16-18-5-10-23-16/h1-5,10H,6-9,11-12H2,(H,18,19,22). The van der Waals surface area contributed by atoms with E-state index in [9.17, 15) is 4.79 Å². The molecule has 2 aromatic rings. The second kappa shape index (κ2) is 7.88. The predicted octanol–water partition coefficient (Wildman–Crippen LogP) is 2.55. The number of piperazine rings is 1. The van der Waals surface area contributed by atoms with Crippen LogP contribution in [0.15, 0.2) is 35.8 Å². The molecule has 1 aliphatic heterocycles. The molecule has 122 valence electrons. The van der Waals surface area contributed by atoms with Gasteiger partial charge in [0, 0.05) is 49.3 Å². The van der Waals surface area contributed by atoms with Gasteiger partial charge in [-0.3, -0.25) is 14.6 Å². The summed E-state index contributed by atoms with van der Waals surface area (Å²) < 4.78 is 0. The van der Waals surface area contributed by atoms with Gasteiger partial charge in [0.05, 0.1) is 6.54 Å².